The number of rotatable bonds is 1. The first kappa shape index (κ1) is 8.31. The van der Waals surface area contributed by atoms with Crippen LogP contribution in [0.4, 0.5) is 0 Å². The molecule has 0 aromatic carbocycles. The van der Waals surface area contributed by atoms with Gasteiger partial charge in [0.1, 0.15) is 0 Å². The molecule has 0 N–H and O–H groups in total. The van der Waals surface area contributed by atoms with Crippen LogP contribution in [0, 0.1) is 0 Å². The number of allylic oxidation sites excluding steroid dienone is 10. The van der Waals surface area contributed by atoms with Gasteiger partial charge in [-0.15, -0.1) is 0 Å². The van der Waals surface area contributed by atoms with Crippen LogP contribution < -0.4 is 0 Å². The summed E-state index contributed by atoms with van der Waals surface area (Å²) in [5.41, 5.74) is 4.19. The van der Waals surface area contributed by atoms with Crippen molar-refractivity contribution in [3.05, 3.63) is 59.3 Å². The summed E-state index contributed by atoms with van der Waals surface area (Å²) in [6.45, 7) is 2.15. The lowest BCUT2D eigenvalue weighted by Gasteiger charge is -2.00. The van der Waals surface area contributed by atoms with Crippen LogP contribution in [0.1, 0.15) is 19.8 Å². The summed E-state index contributed by atoms with van der Waals surface area (Å²) < 4.78 is 0. The predicted octanol–water partition coefficient (Wildman–Crippen LogP) is 3.71. The van der Waals surface area contributed by atoms with Gasteiger partial charge >= 0.3 is 0 Å². The van der Waals surface area contributed by atoms with Crippen molar-refractivity contribution >= 4 is 0 Å². The Bertz CT molecular complexity index is 346. The summed E-state index contributed by atoms with van der Waals surface area (Å²) >= 11 is 0. The van der Waals surface area contributed by atoms with Crippen LogP contribution >= 0.6 is 0 Å². The lowest BCUT2D eigenvalue weighted by Crippen LogP contribution is -1.81. The lowest BCUT2D eigenvalue weighted by molar-refractivity contribution is 1.25. The largest absolute Gasteiger partial charge is 0.0801 e. The molecule has 0 saturated heterocycles. The van der Waals surface area contributed by atoms with Crippen molar-refractivity contribution in [1.82, 2.24) is 0 Å². The van der Waals surface area contributed by atoms with Gasteiger partial charge in [-0.05, 0) is 30.9 Å². The third-order valence-electron chi connectivity index (χ3n) is 2.45. The van der Waals surface area contributed by atoms with Crippen LogP contribution in [-0.4, -0.2) is 0 Å². The lowest BCUT2D eigenvalue weighted by atomic mass is 10.0. The van der Waals surface area contributed by atoms with Crippen LogP contribution in [0.2, 0.25) is 0 Å². The van der Waals surface area contributed by atoms with E-state index in [1.165, 1.54) is 16.7 Å². The first-order valence-electron chi connectivity index (χ1n) is 4.77. The van der Waals surface area contributed by atoms with Crippen molar-refractivity contribution in [2.75, 3.05) is 0 Å². The summed E-state index contributed by atoms with van der Waals surface area (Å²) in [7, 11) is 0. The van der Waals surface area contributed by atoms with Crippen molar-refractivity contribution in [3.63, 3.8) is 0 Å². The maximum atomic E-state index is 2.30. The molecule has 66 valence electrons. The zero-order valence-corrected chi connectivity index (χ0v) is 7.96. The van der Waals surface area contributed by atoms with Crippen molar-refractivity contribution in [2.45, 2.75) is 19.8 Å². The fourth-order valence-electron chi connectivity index (χ4n) is 1.63. The average molecular weight is 170 g/mol. The fraction of sp³-hybridized carbons (Fsp3) is 0.231. The van der Waals surface area contributed by atoms with Gasteiger partial charge < -0.3 is 0 Å². The monoisotopic (exact) mass is 170 g/mol. The zero-order chi connectivity index (χ0) is 9.10. The molecule has 0 aliphatic heterocycles. The van der Waals surface area contributed by atoms with E-state index in [9.17, 15) is 0 Å². The van der Waals surface area contributed by atoms with Gasteiger partial charge in [-0.1, -0.05) is 48.1 Å². The van der Waals surface area contributed by atoms with E-state index in [2.05, 4.69) is 49.5 Å². The molecule has 0 fully saturated rings. The molecule has 0 heteroatoms. The van der Waals surface area contributed by atoms with Gasteiger partial charge in [0, 0.05) is 0 Å². The maximum absolute atomic E-state index is 2.30. The molecule has 0 unspecified atom stereocenters. The minimum Gasteiger partial charge on any atom is -0.0801 e. The Hall–Kier alpha value is -1.30. The van der Waals surface area contributed by atoms with Crippen LogP contribution in [0.3, 0.4) is 0 Å². The van der Waals surface area contributed by atoms with E-state index in [1.807, 2.05) is 0 Å². The van der Waals surface area contributed by atoms with Gasteiger partial charge in [0.15, 0.2) is 0 Å². The highest BCUT2D eigenvalue weighted by Gasteiger charge is 2.04. The van der Waals surface area contributed by atoms with Crippen LogP contribution in [0.5, 0.6) is 0 Å². The quantitative estimate of drug-likeness (QED) is 0.562. The fourth-order valence-corrected chi connectivity index (χ4v) is 1.63. The third kappa shape index (κ3) is 1.89. The van der Waals surface area contributed by atoms with Gasteiger partial charge in [0.05, 0.1) is 0 Å². The Morgan fingerprint density at radius 3 is 2.85 bits per heavy atom. The topological polar surface area (TPSA) is 0 Å². The predicted molar refractivity (Wildman–Crippen MR) is 57.4 cm³/mol. The minimum atomic E-state index is 1.06. The Morgan fingerprint density at radius 1 is 1.15 bits per heavy atom. The molecular formula is C13H14. The van der Waals surface area contributed by atoms with E-state index in [-0.39, 0.29) is 0 Å². The molecule has 2 aliphatic carbocycles. The van der Waals surface area contributed by atoms with Crippen LogP contribution in [0.25, 0.3) is 0 Å². The van der Waals surface area contributed by atoms with Gasteiger partial charge in [-0.2, -0.15) is 0 Å². The normalized spacial score (nSPS) is 20.8. The molecule has 0 aromatic heterocycles. The van der Waals surface area contributed by atoms with E-state index in [4.69, 9.17) is 0 Å². The summed E-state index contributed by atoms with van der Waals surface area (Å²) in [5.74, 6) is 0. The SMILES string of the molecule is CC1=CCC=C(C2=CC=CC2)C=C1. The Balaban J connectivity index is 2.18. The van der Waals surface area contributed by atoms with Crippen molar-refractivity contribution in [1.29, 1.82) is 0 Å². The molecule has 0 aromatic rings. The third-order valence-corrected chi connectivity index (χ3v) is 2.45. The first-order valence-corrected chi connectivity index (χ1v) is 4.77. The highest BCUT2D eigenvalue weighted by atomic mass is 14.1. The maximum Gasteiger partial charge on any atom is -0.00885 e. The van der Waals surface area contributed by atoms with E-state index in [0.29, 0.717) is 0 Å². The molecule has 0 saturated carbocycles. The molecule has 0 bridgehead atoms. The highest BCUT2D eigenvalue weighted by Crippen LogP contribution is 2.23. The summed E-state index contributed by atoms with van der Waals surface area (Å²) in [4.78, 5) is 0. The molecule has 2 aliphatic rings. The molecular weight excluding hydrogens is 156 g/mol. The smallest absolute Gasteiger partial charge is 0.00885 e. The molecule has 0 radical (unpaired) electrons. The number of hydrogen-bond acceptors (Lipinski definition) is 0. The Kier molecular flexibility index (Phi) is 2.31. The van der Waals surface area contributed by atoms with Gasteiger partial charge in [0.25, 0.3) is 0 Å². The summed E-state index contributed by atoms with van der Waals surface area (Å²) in [6.07, 6.45) is 17.7. The Morgan fingerprint density at radius 2 is 2.08 bits per heavy atom. The van der Waals surface area contributed by atoms with E-state index < -0.39 is 0 Å². The molecule has 0 atom stereocenters. The van der Waals surface area contributed by atoms with Gasteiger partial charge in [-0.25, -0.2) is 0 Å². The van der Waals surface area contributed by atoms with Crippen molar-refractivity contribution in [3.8, 4) is 0 Å². The van der Waals surface area contributed by atoms with Crippen LogP contribution in [0.15, 0.2) is 59.3 Å². The Labute approximate surface area is 79.7 Å². The molecule has 0 nitrogen and oxygen atoms in total. The second kappa shape index (κ2) is 3.61. The van der Waals surface area contributed by atoms with Gasteiger partial charge in [-0.3, -0.25) is 0 Å². The van der Waals surface area contributed by atoms with Gasteiger partial charge in [0.2, 0.25) is 0 Å². The molecule has 0 heterocycles. The second-order valence-corrected chi connectivity index (χ2v) is 3.50. The molecule has 0 amide bonds. The van der Waals surface area contributed by atoms with Crippen LogP contribution in [-0.2, 0) is 0 Å². The van der Waals surface area contributed by atoms with Crippen molar-refractivity contribution in [2.24, 2.45) is 0 Å². The van der Waals surface area contributed by atoms with E-state index in [1.54, 1.807) is 0 Å². The average Bonchev–Trinajstić information content (AvgIpc) is 2.56. The molecule has 13 heavy (non-hydrogen) atoms. The number of hydrogen-bond donors (Lipinski definition) is 0. The minimum absolute atomic E-state index is 1.06. The standard InChI is InChI=1S/C13H14/c1-11-5-4-8-13(10-9-11)12-6-2-3-7-12/h2-3,5-6,8-10H,4,7H2,1H3. The zero-order valence-electron chi connectivity index (χ0n) is 7.96. The summed E-state index contributed by atoms with van der Waals surface area (Å²) in [6, 6.07) is 0. The molecule has 0 spiro atoms. The van der Waals surface area contributed by atoms with E-state index >= 15 is 0 Å². The van der Waals surface area contributed by atoms with Crippen molar-refractivity contribution < 1.29 is 0 Å². The summed E-state index contributed by atoms with van der Waals surface area (Å²) in [5, 5.41) is 0. The van der Waals surface area contributed by atoms with E-state index in [0.717, 1.165) is 12.8 Å². The molecule has 2 rings (SSSR count). The highest BCUT2D eigenvalue weighted by molar-refractivity contribution is 5.48. The first-order chi connectivity index (χ1) is 6.36. The second-order valence-electron chi connectivity index (χ2n) is 3.50.